The highest BCUT2D eigenvalue weighted by molar-refractivity contribution is 7.98. The molecule has 10 nitrogen and oxygen atoms in total. The Kier molecular flexibility index (Phi) is 8.12. The molecule has 0 aliphatic carbocycles. The maximum atomic E-state index is 13.3. The van der Waals surface area contributed by atoms with Crippen LogP contribution in [0.3, 0.4) is 0 Å². The van der Waals surface area contributed by atoms with E-state index in [1.165, 1.54) is 18.0 Å². The standard InChI is InChI=1S/C31H31N7O3S/c1-31(2,3)27-18-28(38(37-27)20-8-10-23-19(15-20)7-6-13-33-23)36-30(40)35-24-11-9-21(17-26(24)42-5)41-22-12-14-34-25(16-22)29(39)32-4/h6-18H,1-5H3,(H,32,39)(H2,35,36,40). The van der Waals surface area contributed by atoms with Crippen molar-refractivity contribution in [2.45, 2.75) is 31.1 Å². The van der Waals surface area contributed by atoms with Gasteiger partial charge in [-0.25, -0.2) is 9.48 Å². The van der Waals surface area contributed by atoms with Gasteiger partial charge in [-0.05, 0) is 54.8 Å². The zero-order valence-electron chi connectivity index (χ0n) is 23.9. The summed E-state index contributed by atoms with van der Waals surface area (Å²) >= 11 is 1.47. The van der Waals surface area contributed by atoms with E-state index in [0.717, 1.165) is 27.2 Å². The lowest BCUT2D eigenvalue weighted by atomic mass is 9.92. The fourth-order valence-corrected chi connectivity index (χ4v) is 4.77. The van der Waals surface area contributed by atoms with Gasteiger partial charge in [0.05, 0.1) is 22.6 Å². The van der Waals surface area contributed by atoms with Gasteiger partial charge in [-0.1, -0.05) is 26.8 Å². The molecule has 5 aromatic rings. The van der Waals surface area contributed by atoms with Crippen LogP contribution >= 0.6 is 11.8 Å². The number of pyridine rings is 2. The Morgan fingerprint density at radius 3 is 2.48 bits per heavy atom. The first-order valence-corrected chi connectivity index (χ1v) is 14.4. The number of aromatic nitrogens is 4. The summed E-state index contributed by atoms with van der Waals surface area (Å²) in [5.74, 6) is 1.26. The van der Waals surface area contributed by atoms with Crippen LogP contribution in [0.4, 0.5) is 16.3 Å². The average Bonchev–Trinajstić information content (AvgIpc) is 3.41. The molecule has 11 heteroatoms. The van der Waals surface area contributed by atoms with Crippen LogP contribution in [0.5, 0.6) is 11.5 Å². The molecule has 0 radical (unpaired) electrons. The topological polar surface area (TPSA) is 123 Å². The van der Waals surface area contributed by atoms with Crippen LogP contribution < -0.4 is 20.7 Å². The number of nitrogens with zero attached hydrogens (tertiary/aromatic N) is 4. The van der Waals surface area contributed by atoms with E-state index in [0.29, 0.717) is 23.0 Å². The zero-order valence-corrected chi connectivity index (χ0v) is 24.7. The van der Waals surface area contributed by atoms with E-state index in [4.69, 9.17) is 9.84 Å². The van der Waals surface area contributed by atoms with E-state index in [9.17, 15) is 9.59 Å². The Bertz CT molecular complexity index is 1780. The summed E-state index contributed by atoms with van der Waals surface area (Å²) in [6, 6.07) is 19.8. The van der Waals surface area contributed by atoms with E-state index >= 15 is 0 Å². The van der Waals surface area contributed by atoms with E-state index in [-0.39, 0.29) is 17.0 Å². The van der Waals surface area contributed by atoms with Gasteiger partial charge in [0.2, 0.25) is 0 Å². The van der Waals surface area contributed by atoms with Crippen molar-refractivity contribution in [1.29, 1.82) is 0 Å². The second-order valence-electron chi connectivity index (χ2n) is 10.5. The number of fused-ring (bicyclic) bond motifs is 1. The molecule has 214 valence electrons. The number of amides is 3. The summed E-state index contributed by atoms with van der Waals surface area (Å²) < 4.78 is 7.70. The van der Waals surface area contributed by atoms with E-state index in [2.05, 4.69) is 46.7 Å². The molecule has 0 aliphatic heterocycles. The summed E-state index contributed by atoms with van der Waals surface area (Å²) in [4.78, 5) is 34.4. The molecule has 2 aromatic carbocycles. The number of carbonyl (C=O) groups is 2. The molecule has 0 atom stereocenters. The Labute approximate surface area is 247 Å². The number of rotatable bonds is 7. The first-order chi connectivity index (χ1) is 20.1. The average molecular weight is 582 g/mol. The van der Waals surface area contributed by atoms with Crippen molar-refractivity contribution in [3.63, 3.8) is 0 Å². The molecule has 3 N–H and O–H groups in total. The van der Waals surface area contributed by atoms with E-state index in [1.807, 2.05) is 48.7 Å². The van der Waals surface area contributed by atoms with Crippen molar-refractivity contribution in [2.75, 3.05) is 23.9 Å². The maximum Gasteiger partial charge on any atom is 0.324 e. The van der Waals surface area contributed by atoms with E-state index in [1.54, 1.807) is 42.2 Å². The van der Waals surface area contributed by atoms with Crippen molar-refractivity contribution in [2.24, 2.45) is 0 Å². The largest absolute Gasteiger partial charge is 0.457 e. The minimum Gasteiger partial charge on any atom is -0.457 e. The Hall–Kier alpha value is -4.90. The number of anilines is 2. The fourth-order valence-electron chi connectivity index (χ4n) is 4.20. The molecular formula is C31H31N7O3S. The highest BCUT2D eigenvalue weighted by Gasteiger charge is 2.22. The van der Waals surface area contributed by atoms with Gasteiger partial charge in [-0.15, -0.1) is 11.8 Å². The van der Waals surface area contributed by atoms with Crippen LogP contribution in [0.2, 0.25) is 0 Å². The SMILES string of the molecule is CNC(=O)c1cc(Oc2ccc(NC(=O)Nc3cc(C(C)(C)C)nn3-c3ccc4ncccc4c3)c(SC)c2)ccn1. The smallest absolute Gasteiger partial charge is 0.324 e. The lowest BCUT2D eigenvalue weighted by Crippen LogP contribution is -2.21. The number of ether oxygens (including phenoxy) is 1. The summed E-state index contributed by atoms with van der Waals surface area (Å²) in [5, 5.41) is 14.3. The van der Waals surface area contributed by atoms with Crippen molar-refractivity contribution in [1.82, 2.24) is 25.1 Å². The normalized spacial score (nSPS) is 11.3. The summed E-state index contributed by atoms with van der Waals surface area (Å²) in [6.07, 6.45) is 5.19. The molecule has 3 amide bonds. The maximum absolute atomic E-state index is 13.3. The molecule has 5 rings (SSSR count). The van der Waals surface area contributed by atoms with Gasteiger partial charge in [0.15, 0.2) is 0 Å². The van der Waals surface area contributed by atoms with Crippen molar-refractivity contribution >= 4 is 46.1 Å². The van der Waals surface area contributed by atoms with Gasteiger partial charge < -0.3 is 15.4 Å². The van der Waals surface area contributed by atoms with Gasteiger partial charge in [0.1, 0.15) is 23.0 Å². The van der Waals surface area contributed by atoms with Crippen LogP contribution in [0.1, 0.15) is 37.0 Å². The first-order valence-electron chi connectivity index (χ1n) is 13.2. The van der Waals surface area contributed by atoms with Crippen molar-refractivity contribution in [3.8, 4) is 17.2 Å². The van der Waals surface area contributed by atoms with E-state index < -0.39 is 6.03 Å². The Morgan fingerprint density at radius 1 is 0.905 bits per heavy atom. The molecular weight excluding hydrogens is 550 g/mol. The fraction of sp³-hybridized carbons (Fsp3) is 0.194. The Balaban J connectivity index is 1.37. The quantitative estimate of drug-likeness (QED) is 0.184. The van der Waals surface area contributed by atoms with Gasteiger partial charge in [0, 0.05) is 47.3 Å². The third-order valence-corrected chi connectivity index (χ3v) is 7.18. The number of nitrogens with one attached hydrogen (secondary N) is 3. The molecule has 0 saturated heterocycles. The molecule has 0 saturated carbocycles. The second-order valence-corrected chi connectivity index (χ2v) is 11.3. The number of benzene rings is 2. The number of carbonyl (C=O) groups excluding carboxylic acids is 2. The number of urea groups is 1. The van der Waals surface area contributed by atoms with Gasteiger partial charge in [-0.2, -0.15) is 5.10 Å². The molecule has 0 fully saturated rings. The number of thioether (sulfide) groups is 1. The van der Waals surface area contributed by atoms with Crippen LogP contribution in [0, 0.1) is 0 Å². The second kappa shape index (κ2) is 11.9. The highest BCUT2D eigenvalue weighted by atomic mass is 32.2. The molecule has 3 heterocycles. The third kappa shape index (κ3) is 6.36. The molecule has 0 aliphatic rings. The summed E-state index contributed by atoms with van der Waals surface area (Å²) in [5.41, 5.74) is 3.17. The summed E-state index contributed by atoms with van der Waals surface area (Å²) in [7, 11) is 1.54. The van der Waals surface area contributed by atoms with Crippen molar-refractivity contribution in [3.05, 3.63) is 90.5 Å². The first kappa shape index (κ1) is 28.6. The third-order valence-electron chi connectivity index (χ3n) is 6.40. The highest BCUT2D eigenvalue weighted by Crippen LogP contribution is 2.33. The molecule has 42 heavy (non-hydrogen) atoms. The predicted octanol–water partition coefficient (Wildman–Crippen LogP) is 6.63. The minimum atomic E-state index is -0.410. The van der Waals surface area contributed by atoms with Gasteiger partial charge in [0.25, 0.3) is 5.91 Å². The zero-order chi connectivity index (χ0) is 29.9. The van der Waals surface area contributed by atoms with Gasteiger partial charge >= 0.3 is 6.03 Å². The van der Waals surface area contributed by atoms with Gasteiger partial charge in [-0.3, -0.25) is 20.1 Å². The van der Waals surface area contributed by atoms with Crippen LogP contribution in [0.15, 0.2) is 84.0 Å². The van der Waals surface area contributed by atoms with Crippen LogP contribution in [-0.2, 0) is 5.41 Å². The Morgan fingerprint density at radius 2 is 1.71 bits per heavy atom. The number of hydrogen-bond donors (Lipinski definition) is 3. The molecule has 0 unspecified atom stereocenters. The monoisotopic (exact) mass is 581 g/mol. The van der Waals surface area contributed by atoms with Crippen LogP contribution in [0.25, 0.3) is 16.6 Å². The molecule has 0 bridgehead atoms. The molecule has 3 aromatic heterocycles. The number of hydrogen-bond acceptors (Lipinski definition) is 7. The minimum absolute atomic E-state index is 0.228. The van der Waals surface area contributed by atoms with Crippen molar-refractivity contribution < 1.29 is 14.3 Å². The predicted molar refractivity (Wildman–Crippen MR) is 166 cm³/mol. The lowest BCUT2D eigenvalue weighted by molar-refractivity contribution is 0.0957. The summed E-state index contributed by atoms with van der Waals surface area (Å²) in [6.45, 7) is 6.23. The molecule has 0 spiro atoms. The lowest BCUT2D eigenvalue weighted by Gasteiger charge is -2.14. The van der Waals surface area contributed by atoms with Crippen LogP contribution in [-0.4, -0.2) is 45.0 Å².